The minimum Gasteiger partial charge on any atom is -0.456 e. The summed E-state index contributed by atoms with van der Waals surface area (Å²) >= 11 is 0. The van der Waals surface area contributed by atoms with Crippen LogP contribution in [-0.2, 0) is 33.3 Å². The monoisotopic (exact) mass is 528 g/mol. The fourth-order valence-electron chi connectivity index (χ4n) is 4.43. The topological polar surface area (TPSA) is 147 Å². The average Bonchev–Trinajstić information content (AvgIpc) is 3.36. The lowest BCUT2D eigenvalue weighted by atomic mass is 9.89. The standard InChI is InChI=1S/C25H25FN4O8/c1-14(31)29-21-19-11-10-18(30(19)28-13-27-21)20-24(4,37-16(3)33)23(36-15(2)32)25(26,38-20)12-35-22(34)17-8-6-5-7-9-17/h5-11,13,20,23H,12H2,1-4H3,(H,27,28,29,31)/t20-,23-,24-,25+/m0/s1. The highest BCUT2D eigenvalue weighted by Crippen LogP contribution is 2.51. The number of amides is 1. The fourth-order valence-corrected chi connectivity index (χ4v) is 4.43. The third-order valence-electron chi connectivity index (χ3n) is 5.85. The van der Waals surface area contributed by atoms with Crippen molar-refractivity contribution in [2.75, 3.05) is 11.9 Å². The lowest BCUT2D eigenvalue weighted by Gasteiger charge is -2.34. The van der Waals surface area contributed by atoms with Crippen molar-refractivity contribution >= 4 is 35.1 Å². The summed E-state index contributed by atoms with van der Waals surface area (Å²) in [4.78, 5) is 52.3. The normalized spacial score (nSPS) is 24.6. The molecule has 1 amide bonds. The molecule has 1 saturated heterocycles. The van der Waals surface area contributed by atoms with E-state index in [1.165, 1.54) is 36.6 Å². The molecule has 1 aliphatic rings. The predicted molar refractivity (Wildman–Crippen MR) is 127 cm³/mol. The van der Waals surface area contributed by atoms with E-state index in [0.717, 1.165) is 20.2 Å². The number of nitrogens with one attached hydrogen (secondary N) is 1. The van der Waals surface area contributed by atoms with E-state index >= 15 is 4.39 Å². The summed E-state index contributed by atoms with van der Waals surface area (Å²) in [6.07, 6.45) is -2.08. The summed E-state index contributed by atoms with van der Waals surface area (Å²) in [6.45, 7) is 3.81. The Kier molecular flexibility index (Phi) is 7.14. The Labute approximate surface area is 216 Å². The number of aromatic nitrogens is 3. The number of alkyl halides is 1. The van der Waals surface area contributed by atoms with Gasteiger partial charge in [-0.05, 0) is 31.2 Å². The molecule has 3 heterocycles. The number of hydrogen-bond acceptors (Lipinski definition) is 10. The van der Waals surface area contributed by atoms with E-state index < -0.39 is 48.2 Å². The first-order valence-corrected chi connectivity index (χ1v) is 11.5. The highest BCUT2D eigenvalue weighted by molar-refractivity contribution is 5.92. The van der Waals surface area contributed by atoms with Crippen molar-refractivity contribution < 1.29 is 42.5 Å². The summed E-state index contributed by atoms with van der Waals surface area (Å²) in [5.41, 5.74) is -1.25. The van der Waals surface area contributed by atoms with Crippen LogP contribution in [0.1, 0.15) is 49.9 Å². The van der Waals surface area contributed by atoms with Crippen LogP contribution >= 0.6 is 0 Å². The van der Waals surface area contributed by atoms with Crippen LogP contribution in [-0.4, -0.2) is 62.6 Å². The molecule has 0 spiro atoms. The SMILES string of the molecule is CC(=O)Nc1ncnn2c([C@@H]3O[C@](F)(COC(=O)c4ccccc4)[C@@H](OC(C)=O)[C@@]3(C)OC(C)=O)ccc12. The van der Waals surface area contributed by atoms with Crippen LogP contribution in [0, 0.1) is 0 Å². The first-order valence-electron chi connectivity index (χ1n) is 11.5. The lowest BCUT2D eigenvalue weighted by Crippen LogP contribution is -2.53. The molecule has 1 aromatic carbocycles. The zero-order valence-corrected chi connectivity index (χ0v) is 21.0. The van der Waals surface area contributed by atoms with Gasteiger partial charge in [-0.25, -0.2) is 18.7 Å². The number of fused-ring (bicyclic) bond motifs is 1. The van der Waals surface area contributed by atoms with Gasteiger partial charge in [0.05, 0.1) is 11.3 Å². The molecule has 38 heavy (non-hydrogen) atoms. The van der Waals surface area contributed by atoms with Crippen molar-refractivity contribution in [3.63, 3.8) is 0 Å². The minimum atomic E-state index is -2.93. The Morgan fingerprint density at radius 1 is 1.08 bits per heavy atom. The van der Waals surface area contributed by atoms with Crippen LogP contribution in [0.3, 0.4) is 0 Å². The summed E-state index contributed by atoms with van der Waals surface area (Å²) in [5.74, 6) is -5.67. The number of anilines is 1. The van der Waals surface area contributed by atoms with Crippen LogP contribution in [0.5, 0.6) is 0 Å². The summed E-state index contributed by atoms with van der Waals surface area (Å²) in [7, 11) is 0. The van der Waals surface area contributed by atoms with E-state index in [9.17, 15) is 19.2 Å². The van der Waals surface area contributed by atoms with Gasteiger partial charge >= 0.3 is 17.9 Å². The number of carbonyl (C=O) groups is 4. The highest BCUT2D eigenvalue weighted by atomic mass is 19.2. The van der Waals surface area contributed by atoms with Crippen LogP contribution in [0.15, 0.2) is 48.8 Å². The molecule has 4 atom stereocenters. The molecule has 0 unspecified atom stereocenters. The molecule has 13 heteroatoms. The maximum Gasteiger partial charge on any atom is 0.338 e. The molecular formula is C25H25FN4O8. The van der Waals surface area contributed by atoms with Crippen molar-refractivity contribution in [2.45, 2.75) is 51.4 Å². The number of ether oxygens (including phenoxy) is 4. The van der Waals surface area contributed by atoms with E-state index in [2.05, 4.69) is 15.4 Å². The second-order valence-electron chi connectivity index (χ2n) is 8.84. The second kappa shape index (κ2) is 10.2. The summed E-state index contributed by atoms with van der Waals surface area (Å²) in [6, 6.07) is 10.9. The number of halogens is 1. The van der Waals surface area contributed by atoms with Gasteiger partial charge in [0.25, 0.3) is 5.85 Å². The van der Waals surface area contributed by atoms with Crippen LogP contribution in [0.2, 0.25) is 0 Å². The molecule has 4 rings (SSSR count). The maximum atomic E-state index is 16.6. The van der Waals surface area contributed by atoms with E-state index in [1.54, 1.807) is 24.3 Å². The molecule has 1 N–H and O–H groups in total. The fraction of sp³-hybridized carbons (Fsp3) is 0.360. The van der Waals surface area contributed by atoms with Gasteiger partial charge in [-0.2, -0.15) is 5.10 Å². The smallest absolute Gasteiger partial charge is 0.338 e. The van der Waals surface area contributed by atoms with E-state index in [0.29, 0.717) is 5.52 Å². The van der Waals surface area contributed by atoms with Gasteiger partial charge in [-0.3, -0.25) is 14.4 Å². The molecule has 0 saturated carbocycles. The number of rotatable bonds is 7. The van der Waals surface area contributed by atoms with Crippen molar-refractivity contribution in [2.24, 2.45) is 0 Å². The molecule has 0 aliphatic carbocycles. The Hall–Kier alpha value is -4.39. The van der Waals surface area contributed by atoms with E-state index in [4.69, 9.17) is 18.9 Å². The summed E-state index contributed by atoms with van der Waals surface area (Å²) in [5, 5.41) is 6.73. The minimum absolute atomic E-state index is 0.164. The number of benzene rings is 1. The molecule has 1 aliphatic heterocycles. The van der Waals surface area contributed by atoms with Crippen molar-refractivity contribution in [1.29, 1.82) is 0 Å². The third-order valence-corrected chi connectivity index (χ3v) is 5.85. The van der Waals surface area contributed by atoms with Gasteiger partial charge in [0.2, 0.25) is 12.0 Å². The zero-order valence-electron chi connectivity index (χ0n) is 21.0. The highest BCUT2D eigenvalue weighted by Gasteiger charge is 2.69. The largest absolute Gasteiger partial charge is 0.456 e. The van der Waals surface area contributed by atoms with Crippen molar-refractivity contribution in [3.8, 4) is 0 Å². The van der Waals surface area contributed by atoms with Gasteiger partial charge in [0.1, 0.15) is 17.9 Å². The Balaban J connectivity index is 1.77. The van der Waals surface area contributed by atoms with Gasteiger partial charge < -0.3 is 24.3 Å². The van der Waals surface area contributed by atoms with E-state index in [1.807, 2.05) is 0 Å². The van der Waals surface area contributed by atoms with Gasteiger partial charge in [0.15, 0.2) is 18.0 Å². The quantitative estimate of drug-likeness (QED) is 0.358. The lowest BCUT2D eigenvalue weighted by molar-refractivity contribution is -0.213. The number of nitrogens with zero attached hydrogens (tertiary/aromatic N) is 3. The molecule has 0 bridgehead atoms. The maximum absolute atomic E-state index is 16.6. The van der Waals surface area contributed by atoms with Crippen molar-refractivity contribution in [1.82, 2.24) is 14.6 Å². The number of hydrogen-bond donors (Lipinski definition) is 1. The second-order valence-corrected chi connectivity index (χ2v) is 8.84. The molecule has 2 aromatic heterocycles. The van der Waals surface area contributed by atoms with E-state index in [-0.39, 0.29) is 23.0 Å². The molecule has 12 nitrogen and oxygen atoms in total. The predicted octanol–water partition coefficient (Wildman–Crippen LogP) is 2.54. The zero-order chi connectivity index (χ0) is 27.7. The number of esters is 3. The first kappa shape index (κ1) is 26.7. The average molecular weight is 528 g/mol. The van der Waals surface area contributed by atoms with Crippen LogP contribution < -0.4 is 5.32 Å². The molecular weight excluding hydrogens is 503 g/mol. The first-order chi connectivity index (χ1) is 17.9. The Morgan fingerprint density at radius 2 is 1.79 bits per heavy atom. The molecule has 0 radical (unpaired) electrons. The molecule has 3 aromatic rings. The Bertz CT molecular complexity index is 1400. The van der Waals surface area contributed by atoms with Gasteiger partial charge in [0, 0.05) is 20.8 Å². The molecule has 1 fully saturated rings. The van der Waals surface area contributed by atoms with Crippen LogP contribution in [0.4, 0.5) is 10.2 Å². The molecule has 200 valence electrons. The summed E-state index contributed by atoms with van der Waals surface area (Å²) < 4.78 is 39.7. The third kappa shape index (κ3) is 5.05. The number of carbonyl (C=O) groups excluding carboxylic acids is 4. The van der Waals surface area contributed by atoms with Crippen molar-refractivity contribution in [3.05, 3.63) is 60.0 Å². The van der Waals surface area contributed by atoms with Gasteiger partial charge in [-0.1, -0.05) is 18.2 Å². The van der Waals surface area contributed by atoms with Gasteiger partial charge in [-0.15, -0.1) is 0 Å². The Morgan fingerprint density at radius 3 is 2.42 bits per heavy atom. The van der Waals surface area contributed by atoms with Crippen LogP contribution in [0.25, 0.3) is 5.52 Å².